The van der Waals surface area contributed by atoms with Gasteiger partial charge in [0.25, 0.3) is 5.91 Å². The Morgan fingerprint density at radius 1 is 1.21 bits per heavy atom. The molecule has 0 fully saturated rings. The third kappa shape index (κ3) is 3.37. The molecule has 0 atom stereocenters. The van der Waals surface area contributed by atoms with E-state index in [9.17, 15) is 4.79 Å². The molecule has 1 amide bonds. The highest BCUT2D eigenvalue weighted by molar-refractivity contribution is 5.92. The summed E-state index contributed by atoms with van der Waals surface area (Å²) in [6.45, 7) is 8.06. The molecular formula is C20H23NO3. The summed E-state index contributed by atoms with van der Waals surface area (Å²) >= 11 is 0. The first kappa shape index (κ1) is 16.4. The Hall–Kier alpha value is -2.49. The van der Waals surface area contributed by atoms with Crippen molar-refractivity contribution < 1.29 is 14.3 Å². The fourth-order valence-corrected chi connectivity index (χ4v) is 2.92. The van der Waals surface area contributed by atoms with E-state index < -0.39 is 0 Å². The SMILES string of the molecule is Cc1cccc(NC(=O)COc2cccc3c2OC(C)(C)C3)c1C. The monoisotopic (exact) mass is 325 g/mol. The first-order valence-electron chi connectivity index (χ1n) is 8.15. The Bertz CT molecular complexity index is 780. The highest BCUT2D eigenvalue weighted by atomic mass is 16.5. The van der Waals surface area contributed by atoms with E-state index in [1.807, 2.05) is 64.1 Å². The highest BCUT2D eigenvalue weighted by Crippen LogP contribution is 2.41. The Labute approximate surface area is 142 Å². The van der Waals surface area contributed by atoms with Crippen molar-refractivity contribution in [2.75, 3.05) is 11.9 Å². The van der Waals surface area contributed by atoms with E-state index in [0.717, 1.165) is 34.5 Å². The quantitative estimate of drug-likeness (QED) is 0.923. The standard InChI is InChI=1S/C20H23NO3/c1-13-7-5-9-16(14(13)2)21-18(22)12-23-17-10-6-8-15-11-20(3,4)24-19(15)17/h5-10H,11-12H2,1-4H3,(H,21,22). The molecular weight excluding hydrogens is 302 g/mol. The molecule has 1 heterocycles. The second-order valence-corrected chi connectivity index (χ2v) is 6.87. The van der Waals surface area contributed by atoms with Gasteiger partial charge >= 0.3 is 0 Å². The molecule has 24 heavy (non-hydrogen) atoms. The van der Waals surface area contributed by atoms with E-state index in [1.54, 1.807) is 0 Å². The number of rotatable bonds is 4. The number of fused-ring (bicyclic) bond motifs is 1. The lowest BCUT2D eigenvalue weighted by Gasteiger charge is -2.18. The van der Waals surface area contributed by atoms with Gasteiger partial charge in [-0.1, -0.05) is 24.3 Å². The van der Waals surface area contributed by atoms with Crippen molar-refractivity contribution in [3.63, 3.8) is 0 Å². The van der Waals surface area contributed by atoms with Crippen molar-refractivity contribution in [1.82, 2.24) is 0 Å². The van der Waals surface area contributed by atoms with Crippen LogP contribution in [0.2, 0.25) is 0 Å². The molecule has 4 nitrogen and oxygen atoms in total. The molecule has 2 aromatic carbocycles. The minimum absolute atomic E-state index is 0.0480. The van der Waals surface area contributed by atoms with Gasteiger partial charge in [-0.3, -0.25) is 4.79 Å². The molecule has 4 heteroatoms. The van der Waals surface area contributed by atoms with Crippen LogP contribution in [0.5, 0.6) is 11.5 Å². The summed E-state index contributed by atoms with van der Waals surface area (Å²) in [6, 6.07) is 11.7. The van der Waals surface area contributed by atoms with Gasteiger partial charge in [0.2, 0.25) is 0 Å². The summed E-state index contributed by atoms with van der Waals surface area (Å²) < 4.78 is 11.7. The molecule has 0 bridgehead atoms. The zero-order valence-corrected chi connectivity index (χ0v) is 14.6. The van der Waals surface area contributed by atoms with Crippen LogP contribution in [0, 0.1) is 13.8 Å². The summed E-state index contributed by atoms with van der Waals surface area (Å²) in [6.07, 6.45) is 0.841. The number of aryl methyl sites for hydroxylation is 1. The van der Waals surface area contributed by atoms with Crippen LogP contribution in [0.25, 0.3) is 0 Å². The van der Waals surface area contributed by atoms with E-state index in [4.69, 9.17) is 9.47 Å². The van der Waals surface area contributed by atoms with Crippen LogP contribution < -0.4 is 14.8 Å². The van der Waals surface area contributed by atoms with E-state index in [1.165, 1.54) is 0 Å². The minimum atomic E-state index is -0.233. The summed E-state index contributed by atoms with van der Waals surface area (Å²) in [7, 11) is 0. The number of anilines is 1. The molecule has 0 spiro atoms. The third-order valence-corrected chi connectivity index (χ3v) is 4.29. The second-order valence-electron chi connectivity index (χ2n) is 6.87. The Balaban J connectivity index is 1.66. The van der Waals surface area contributed by atoms with Gasteiger partial charge in [0.05, 0.1) is 0 Å². The summed E-state index contributed by atoms with van der Waals surface area (Å²) in [4.78, 5) is 12.2. The van der Waals surface area contributed by atoms with E-state index >= 15 is 0 Å². The second kappa shape index (κ2) is 6.19. The van der Waals surface area contributed by atoms with Crippen LogP contribution in [-0.2, 0) is 11.2 Å². The fourth-order valence-electron chi connectivity index (χ4n) is 2.92. The number of carbonyl (C=O) groups is 1. The molecule has 1 aliphatic heterocycles. The molecule has 0 unspecified atom stereocenters. The van der Waals surface area contributed by atoms with Gasteiger partial charge in [-0.15, -0.1) is 0 Å². The molecule has 1 N–H and O–H groups in total. The number of para-hydroxylation sites is 1. The average molecular weight is 325 g/mol. The number of carbonyl (C=O) groups excluding carboxylic acids is 1. The zero-order chi connectivity index (χ0) is 17.3. The largest absolute Gasteiger partial charge is 0.483 e. The first-order chi connectivity index (χ1) is 11.4. The number of ether oxygens (including phenoxy) is 2. The van der Waals surface area contributed by atoms with E-state index in [2.05, 4.69) is 5.32 Å². The molecule has 0 aromatic heterocycles. The van der Waals surface area contributed by atoms with Crippen molar-refractivity contribution in [2.45, 2.75) is 39.7 Å². The van der Waals surface area contributed by atoms with Crippen molar-refractivity contribution in [3.05, 3.63) is 53.1 Å². The predicted octanol–water partition coefficient (Wildman–Crippen LogP) is 4.03. The minimum Gasteiger partial charge on any atom is -0.483 e. The number of amides is 1. The molecule has 2 aromatic rings. The van der Waals surface area contributed by atoms with Crippen molar-refractivity contribution >= 4 is 11.6 Å². The summed E-state index contributed by atoms with van der Waals surface area (Å²) in [5.41, 5.74) is 3.91. The zero-order valence-electron chi connectivity index (χ0n) is 14.6. The van der Waals surface area contributed by atoms with Crippen molar-refractivity contribution in [1.29, 1.82) is 0 Å². The van der Waals surface area contributed by atoms with Crippen molar-refractivity contribution in [2.24, 2.45) is 0 Å². The number of hydrogen-bond donors (Lipinski definition) is 1. The van der Waals surface area contributed by atoms with Crippen LogP contribution in [-0.4, -0.2) is 18.1 Å². The lowest BCUT2D eigenvalue weighted by atomic mass is 10.0. The van der Waals surface area contributed by atoms with Gasteiger partial charge in [0.15, 0.2) is 18.1 Å². The molecule has 0 saturated carbocycles. The van der Waals surface area contributed by atoms with Gasteiger partial charge < -0.3 is 14.8 Å². The van der Waals surface area contributed by atoms with Gasteiger partial charge in [-0.25, -0.2) is 0 Å². The van der Waals surface area contributed by atoms with Gasteiger partial charge in [-0.05, 0) is 51.0 Å². The van der Waals surface area contributed by atoms with Crippen LogP contribution >= 0.6 is 0 Å². The lowest BCUT2D eigenvalue weighted by molar-refractivity contribution is -0.118. The maximum Gasteiger partial charge on any atom is 0.262 e. The van der Waals surface area contributed by atoms with Gasteiger partial charge in [-0.2, -0.15) is 0 Å². The topological polar surface area (TPSA) is 47.6 Å². The molecule has 0 aliphatic carbocycles. The molecule has 126 valence electrons. The Morgan fingerprint density at radius 3 is 2.75 bits per heavy atom. The molecule has 0 saturated heterocycles. The van der Waals surface area contributed by atoms with Crippen LogP contribution in [0.15, 0.2) is 36.4 Å². The van der Waals surface area contributed by atoms with E-state index in [0.29, 0.717) is 5.75 Å². The highest BCUT2D eigenvalue weighted by Gasteiger charge is 2.32. The smallest absolute Gasteiger partial charge is 0.262 e. The van der Waals surface area contributed by atoms with Crippen molar-refractivity contribution in [3.8, 4) is 11.5 Å². The number of nitrogens with one attached hydrogen (secondary N) is 1. The molecule has 0 radical (unpaired) electrons. The maximum absolute atomic E-state index is 12.2. The van der Waals surface area contributed by atoms with Gasteiger partial charge in [0.1, 0.15) is 5.60 Å². The number of hydrogen-bond acceptors (Lipinski definition) is 3. The Kier molecular flexibility index (Phi) is 4.22. The summed E-state index contributed by atoms with van der Waals surface area (Å²) in [5.74, 6) is 1.19. The molecule has 3 rings (SSSR count). The van der Waals surface area contributed by atoms with E-state index in [-0.39, 0.29) is 18.1 Å². The normalized spacial score (nSPS) is 14.7. The molecule has 1 aliphatic rings. The summed E-state index contributed by atoms with van der Waals surface area (Å²) in [5, 5.41) is 2.90. The van der Waals surface area contributed by atoms with Crippen LogP contribution in [0.4, 0.5) is 5.69 Å². The average Bonchev–Trinajstić information content (AvgIpc) is 2.84. The fraction of sp³-hybridized carbons (Fsp3) is 0.350. The third-order valence-electron chi connectivity index (χ3n) is 4.29. The Morgan fingerprint density at radius 2 is 1.96 bits per heavy atom. The predicted molar refractivity (Wildman–Crippen MR) is 94.9 cm³/mol. The number of benzene rings is 2. The van der Waals surface area contributed by atoms with Crippen LogP contribution in [0.1, 0.15) is 30.5 Å². The van der Waals surface area contributed by atoms with Gasteiger partial charge in [0, 0.05) is 17.7 Å². The maximum atomic E-state index is 12.2. The van der Waals surface area contributed by atoms with Crippen LogP contribution in [0.3, 0.4) is 0 Å². The lowest BCUT2D eigenvalue weighted by Crippen LogP contribution is -2.25. The first-order valence-corrected chi connectivity index (χ1v) is 8.15.